The lowest BCUT2D eigenvalue weighted by molar-refractivity contribution is 0.0721. The van der Waals surface area contributed by atoms with E-state index in [-0.39, 0.29) is 28.0 Å². The van der Waals surface area contributed by atoms with Crippen LogP contribution < -0.4 is 9.46 Å². The zero-order valence-corrected chi connectivity index (χ0v) is 24.8. The number of nitrogens with zero attached hydrogens (tertiary/aromatic N) is 2. The van der Waals surface area contributed by atoms with Gasteiger partial charge in [-0.15, -0.1) is 11.3 Å². The predicted octanol–water partition coefficient (Wildman–Crippen LogP) is 6.64. The highest BCUT2D eigenvalue weighted by atomic mass is 35.5. The van der Waals surface area contributed by atoms with Crippen molar-refractivity contribution in [3.63, 3.8) is 0 Å². The zero-order chi connectivity index (χ0) is 29.0. The van der Waals surface area contributed by atoms with Crippen LogP contribution in [0.5, 0.6) is 11.5 Å². The molecule has 1 aliphatic rings. The van der Waals surface area contributed by atoms with Gasteiger partial charge in [-0.1, -0.05) is 41.4 Å². The zero-order valence-electron chi connectivity index (χ0n) is 21.6. The van der Waals surface area contributed by atoms with Crippen LogP contribution in [0.2, 0.25) is 10.0 Å². The highest BCUT2D eigenvalue weighted by molar-refractivity contribution is 7.92. The molecule has 0 aliphatic carbocycles. The topological polar surface area (TPSA) is 96.0 Å². The van der Waals surface area contributed by atoms with E-state index in [4.69, 9.17) is 27.9 Å². The molecule has 5 rings (SSSR count). The van der Waals surface area contributed by atoms with Crippen LogP contribution >= 0.6 is 34.5 Å². The van der Waals surface area contributed by atoms with Crippen molar-refractivity contribution in [2.24, 2.45) is 0 Å². The standard InChI is InChI=1S/C29H25Cl2N3O5S2/c30-20-8-13-25(32-41(37,38)22-11-9-21(10-12-22)39-26-6-2-1-5-24(26)31)23(19-20)28(35)33-14-4-15-34(17-16-33)29(36)27-7-3-18-40-27/h1-3,5-13,18-19,32H,4,14-17H2. The van der Waals surface area contributed by atoms with Crippen LogP contribution in [-0.2, 0) is 10.0 Å². The van der Waals surface area contributed by atoms with Crippen LogP contribution in [-0.4, -0.2) is 56.2 Å². The molecule has 41 heavy (non-hydrogen) atoms. The van der Waals surface area contributed by atoms with Gasteiger partial charge in [0.1, 0.15) is 11.5 Å². The molecule has 0 atom stereocenters. The molecule has 2 heterocycles. The predicted molar refractivity (Wildman–Crippen MR) is 161 cm³/mol. The van der Waals surface area contributed by atoms with Gasteiger partial charge in [-0.3, -0.25) is 14.3 Å². The van der Waals surface area contributed by atoms with Gasteiger partial charge in [-0.2, -0.15) is 0 Å². The number of amides is 2. The molecule has 1 aliphatic heterocycles. The first-order valence-electron chi connectivity index (χ1n) is 12.7. The van der Waals surface area contributed by atoms with Crippen molar-refractivity contribution in [1.82, 2.24) is 9.80 Å². The number of thiophene rings is 1. The van der Waals surface area contributed by atoms with Crippen LogP contribution in [0.4, 0.5) is 5.69 Å². The number of rotatable bonds is 7. The summed E-state index contributed by atoms with van der Waals surface area (Å²) in [6.07, 6.45) is 0.590. The molecule has 1 N–H and O–H groups in total. The Morgan fingerprint density at radius 3 is 2.22 bits per heavy atom. The van der Waals surface area contributed by atoms with Crippen molar-refractivity contribution in [3.8, 4) is 11.5 Å². The number of nitrogens with one attached hydrogen (secondary N) is 1. The number of benzene rings is 3. The van der Waals surface area contributed by atoms with E-state index in [0.717, 1.165) is 0 Å². The molecule has 0 unspecified atom stereocenters. The molecule has 12 heteroatoms. The summed E-state index contributed by atoms with van der Waals surface area (Å²) in [6, 6.07) is 20.8. The Morgan fingerprint density at radius 1 is 0.829 bits per heavy atom. The minimum atomic E-state index is -4.06. The van der Waals surface area contributed by atoms with Crippen LogP contribution in [0, 0.1) is 0 Å². The largest absolute Gasteiger partial charge is 0.456 e. The molecule has 0 spiro atoms. The highest BCUT2D eigenvalue weighted by Crippen LogP contribution is 2.30. The Hall–Kier alpha value is -3.57. The van der Waals surface area contributed by atoms with Crippen molar-refractivity contribution in [1.29, 1.82) is 0 Å². The lowest BCUT2D eigenvalue weighted by Crippen LogP contribution is -2.37. The molecule has 4 aromatic rings. The van der Waals surface area contributed by atoms with Gasteiger partial charge in [0.15, 0.2) is 0 Å². The number of para-hydroxylation sites is 1. The fraction of sp³-hybridized carbons (Fsp3) is 0.172. The van der Waals surface area contributed by atoms with Crippen molar-refractivity contribution < 1.29 is 22.7 Å². The summed E-state index contributed by atoms with van der Waals surface area (Å²) in [5.41, 5.74) is 0.226. The summed E-state index contributed by atoms with van der Waals surface area (Å²) in [4.78, 5) is 30.4. The molecule has 2 amide bonds. The Balaban J connectivity index is 1.31. The van der Waals surface area contributed by atoms with Crippen LogP contribution in [0.15, 0.2) is 89.1 Å². The molecule has 212 valence electrons. The number of halogens is 2. The SMILES string of the molecule is O=C(c1cccs1)N1CCCN(C(=O)c2cc(Cl)ccc2NS(=O)(=O)c2ccc(Oc3ccccc3Cl)cc2)CC1. The third-order valence-electron chi connectivity index (χ3n) is 6.46. The molecule has 1 fully saturated rings. The molecular formula is C29H25Cl2N3O5S2. The van der Waals surface area contributed by atoms with E-state index in [9.17, 15) is 18.0 Å². The van der Waals surface area contributed by atoms with E-state index >= 15 is 0 Å². The number of sulfonamides is 1. The third kappa shape index (κ3) is 6.84. The van der Waals surface area contributed by atoms with Gasteiger partial charge < -0.3 is 14.5 Å². The van der Waals surface area contributed by atoms with Gasteiger partial charge in [-0.05, 0) is 72.5 Å². The molecule has 3 aromatic carbocycles. The maximum absolute atomic E-state index is 13.6. The summed E-state index contributed by atoms with van der Waals surface area (Å²) in [7, 11) is -4.06. The van der Waals surface area contributed by atoms with E-state index in [1.54, 1.807) is 40.1 Å². The Kier molecular flexibility index (Phi) is 8.84. The highest BCUT2D eigenvalue weighted by Gasteiger charge is 2.27. The second-order valence-electron chi connectivity index (χ2n) is 9.21. The molecular weight excluding hydrogens is 605 g/mol. The van der Waals surface area contributed by atoms with Crippen LogP contribution in [0.3, 0.4) is 0 Å². The van der Waals surface area contributed by atoms with Gasteiger partial charge in [0, 0.05) is 31.2 Å². The monoisotopic (exact) mass is 629 g/mol. The Morgan fingerprint density at radius 2 is 1.54 bits per heavy atom. The van der Waals surface area contributed by atoms with Crippen molar-refractivity contribution in [2.45, 2.75) is 11.3 Å². The van der Waals surface area contributed by atoms with Gasteiger partial charge in [-0.25, -0.2) is 8.42 Å². The first kappa shape index (κ1) is 28.9. The van der Waals surface area contributed by atoms with E-state index in [0.29, 0.717) is 59.0 Å². The average molecular weight is 631 g/mol. The van der Waals surface area contributed by atoms with Gasteiger partial charge in [0.2, 0.25) is 0 Å². The van der Waals surface area contributed by atoms with Crippen molar-refractivity contribution in [2.75, 3.05) is 30.9 Å². The number of anilines is 1. The summed E-state index contributed by atoms with van der Waals surface area (Å²) in [5, 5.41) is 2.57. The Bertz CT molecular complexity index is 1660. The van der Waals surface area contributed by atoms with E-state index < -0.39 is 10.0 Å². The van der Waals surface area contributed by atoms with E-state index in [2.05, 4.69) is 4.72 Å². The minimum absolute atomic E-state index is 0.0186. The smallest absolute Gasteiger partial charge is 0.263 e. The van der Waals surface area contributed by atoms with Gasteiger partial charge in [0.05, 0.1) is 26.0 Å². The third-order valence-corrected chi connectivity index (χ3v) is 9.24. The van der Waals surface area contributed by atoms with Crippen LogP contribution in [0.1, 0.15) is 26.5 Å². The summed E-state index contributed by atoms with van der Waals surface area (Å²) >= 11 is 13.7. The quantitative estimate of drug-likeness (QED) is 0.247. The molecule has 0 radical (unpaired) electrons. The number of hydrogen-bond donors (Lipinski definition) is 1. The number of carbonyl (C=O) groups excluding carboxylic acids is 2. The van der Waals surface area contributed by atoms with Crippen LogP contribution in [0.25, 0.3) is 0 Å². The molecule has 8 nitrogen and oxygen atoms in total. The lowest BCUT2D eigenvalue weighted by Gasteiger charge is -2.23. The average Bonchev–Trinajstić information content (AvgIpc) is 3.39. The molecule has 1 saturated heterocycles. The van der Waals surface area contributed by atoms with E-state index in [1.807, 2.05) is 11.4 Å². The van der Waals surface area contributed by atoms with Crippen molar-refractivity contribution >= 4 is 62.1 Å². The lowest BCUT2D eigenvalue weighted by atomic mass is 10.1. The normalized spacial score (nSPS) is 13.9. The number of ether oxygens (including phenoxy) is 1. The maximum Gasteiger partial charge on any atom is 0.263 e. The van der Waals surface area contributed by atoms with Crippen molar-refractivity contribution in [3.05, 3.63) is 105 Å². The second kappa shape index (κ2) is 12.5. The molecule has 1 aromatic heterocycles. The first-order valence-corrected chi connectivity index (χ1v) is 15.8. The van der Waals surface area contributed by atoms with Gasteiger partial charge >= 0.3 is 0 Å². The second-order valence-corrected chi connectivity index (χ2v) is 12.7. The van der Waals surface area contributed by atoms with E-state index in [1.165, 1.54) is 53.8 Å². The Labute approximate surface area is 252 Å². The molecule has 0 bridgehead atoms. The number of hydrogen-bond acceptors (Lipinski definition) is 6. The maximum atomic E-state index is 13.6. The van der Waals surface area contributed by atoms with Gasteiger partial charge in [0.25, 0.3) is 21.8 Å². The number of carbonyl (C=O) groups is 2. The first-order chi connectivity index (χ1) is 19.7. The summed E-state index contributed by atoms with van der Waals surface area (Å²) in [5.74, 6) is 0.416. The fourth-order valence-corrected chi connectivity index (χ4v) is 6.49. The molecule has 0 saturated carbocycles. The fourth-order valence-electron chi connectivity index (χ4n) is 4.38. The summed E-state index contributed by atoms with van der Waals surface area (Å²) in [6.45, 7) is 1.61. The summed E-state index contributed by atoms with van der Waals surface area (Å²) < 4.78 is 34.8. The minimum Gasteiger partial charge on any atom is -0.456 e.